The summed E-state index contributed by atoms with van der Waals surface area (Å²) in [6, 6.07) is 8.08. The molecule has 134 valence electrons. The third-order valence-corrected chi connectivity index (χ3v) is 7.86. The summed E-state index contributed by atoms with van der Waals surface area (Å²) in [5.41, 5.74) is 2.76. The van der Waals surface area contributed by atoms with Gasteiger partial charge in [-0.2, -0.15) is 4.31 Å². The second kappa shape index (κ2) is 7.07. The minimum absolute atomic E-state index is 0.170. The number of hydrogen-bond acceptors (Lipinski definition) is 4. The van der Waals surface area contributed by atoms with Crippen LogP contribution < -0.4 is 5.32 Å². The Labute approximate surface area is 156 Å². The Hall–Kier alpha value is -1.41. The molecule has 0 spiro atoms. The molecule has 25 heavy (non-hydrogen) atoms. The summed E-state index contributed by atoms with van der Waals surface area (Å²) in [6.45, 7) is 4.23. The van der Waals surface area contributed by atoms with E-state index in [9.17, 15) is 13.2 Å². The lowest BCUT2D eigenvalue weighted by molar-refractivity contribution is -0.119. The lowest BCUT2D eigenvalue weighted by Crippen LogP contribution is -2.42. The molecular formula is C17H19ClN2O3S2. The van der Waals surface area contributed by atoms with Crippen LogP contribution in [-0.2, 0) is 14.8 Å². The van der Waals surface area contributed by atoms with Crippen LogP contribution in [0, 0.1) is 13.8 Å². The molecule has 1 fully saturated rings. The Kier molecular flexibility index (Phi) is 5.20. The van der Waals surface area contributed by atoms with E-state index in [1.54, 1.807) is 6.07 Å². The van der Waals surface area contributed by atoms with E-state index in [4.69, 9.17) is 11.6 Å². The molecule has 1 aromatic heterocycles. The summed E-state index contributed by atoms with van der Waals surface area (Å²) in [4.78, 5) is 12.7. The van der Waals surface area contributed by atoms with Crippen LogP contribution in [0.2, 0.25) is 4.34 Å². The molecule has 8 heteroatoms. The second-order valence-corrected chi connectivity index (χ2v) is 9.97. The lowest BCUT2D eigenvalue weighted by Gasteiger charge is -2.23. The van der Waals surface area contributed by atoms with Gasteiger partial charge in [0, 0.05) is 12.2 Å². The van der Waals surface area contributed by atoms with Crippen LogP contribution in [0.3, 0.4) is 0 Å². The fourth-order valence-corrected chi connectivity index (χ4v) is 6.28. The molecule has 0 bridgehead atoms. The van der Waals surface area contributed by atoms with Gasteiger partial charge in [-0.1, -0.05) is 29.3 Å². The number of thiophene rings is 1. The number of sulfonamides is 1. The monoisotopic (exact) mass is 398 g/mol. The summed E-state index contributed by atoms with van der Waals surface area (Å²) in [7, 11) is -3.71. The molecule has 0 radical (unpaired) electrons. The molecule has 1 atom stereocenters. The first-order valence-electron chi connectivity index (χ1n) is 7.94. The predicted octanol–water partition coefficient (Wildman–Crippen LogP) is 3.81. The van der Waals surface area contributed by atoms with E-state index in [1.807, 2.05) is 32.0 Å². The third kappa shape index (κ3) is 3.74. The van der Waals surface area contributed by atoms with Crippen molar-refractivity contribution in [2.45, 2.75) is 36.9 Å². The molecule has 2 heterocycles. The van der Waals surface area contributed by atoms with E-state index in [0.29, 0.717) is 29.4 Å². The highest BCUT2D eigenvalue weighted by Gasteiger charge is 2.40. The number of hydrogen-bond donors (Lipinski definition) is 1. The fourth-order valence-electron chi connectivity index (χ4n) is 3.01. The van der Waals surface area contributed by atoms with Crippen molar-refractivity contribution in [3.8, 4) is 0 Å². The number of carbonyl (C=O) groups is 1. The van der Waals surface area contributed by atoms with Gasteiger partial charge < -0.3 is 5.32 Å². The van der Waals surface area contributed by atoms with Gasteiger partial charge in [-0.3, -0.25) is 4.79 Å². The van der Waals surface area contributed by atoms with Crippen LogP contribution in [0.1, 0.15) is 24.0 Å². The van der Waals surface area contributed by atoms with E-state index in [-0.39, 0.29) is 10.1 Å². The smallest absolute Gasteiger partial charge is 0.253 e. The van der Waals surface area contributed by atoms with E-state index in [2.05, 4.69) is 5.32 Å². The predicted molar refractivity (Wildman–Crippen MR) is 101 cm³/mol. The van der Waals surface area contributed by atoms with Crippen LogP contribution in [0.4, 0.5) is 5.69 Å². The first-order valence-corrected chi connectivity index (χ1v) is 10.6. The summed E-state index contributed by atoms with van der Waals surface area (Å²) in [5.74, 6) is -0.296. The van der Waals surface area contributed by atoms with Gasteiger partial charge >= 0.3 is 0 Å². The standard InChI is InChI=1S/C17H19ClN2O3S2/c1-11-5-6-13(12(2)10-11)19-17(21)14-4-3-9-20(14)25(22,23)16-8-7-15(18)24-16/h5-8,10,14H,3-4,9H2,1-2H3,(H,19,21)/t14-/m1/s1. The number of rotatable bonds is 4. The van der Waals surface area contributed by atoms with Crippen LogP contribution in [-0.4, -0.2) is 31.2 Å². The SMILES string of the molecule is Cc1ccc(NC(=O)[C@H]2CCCN2S(=O)(=O)c2ccc(Cl)s2)c(C)c1. The maximum atomic E-state index is 12.8. The molecule has 1 amide bonds. The quantitative estimate of drug-likeness (QED) is 0.851. The maximum absolute atomic E-state index is 12.8. The van der Waals surface area contributed by atoms with Crippen molar-refractivity contribution < 1.29 is 13.2 Å². The summed E-state index contributed by atoms with van der Waals surface area (Å²) >= 11 is 6.87. The molecule has 1 aliphatic rings. The first kappa shape index (κ1) is 18.4. The zero-order chi connectivity index (χ0) is 18.2. The molecular weight excluding hydrogens is 380 g/mol. The van der Waals surface area contributed by atoms with Gasteiger partial charge in [0.2, 0.25) is 5.91 Å². The summed E-state index contributed by atoms with van der Waals surface area (Å²) in [5, 5.41) is 2.87. The van der Waals surface area contributed by atoms with Crippen LogP contribution in [0.5, 0.6) is 0 Å². The van der Waals surface area contributed by atoms with Gasteiger partial charge in [0.15, 0.2) is 0 Å². The fraction of sp³-hybridized carbons (Fsp3) is 0.353. The normalized spacial score (nSPS) is 18.4. The zero-order valence-corrected chi connectivity index (χ0v) is 16.3. The van der Waals surface area contributed by atoms with Crippen molar-refractivity contribution in [1.29, 1.82) is 0 Å². The van der Waals surface area contributed by atoms with Crippen LogP contribution in [0.25, 0.3) is 0 Å². The molecule has 2 aromatic rings. The second-order valence-electron chi connectivity index (χ2n) is 6.14. The molecule has 3 rings (SSSR count). The zero-order valence-electron chi connectivity index (χ0n) is 14.0. The Morgan fingerprint density at radius 1 is 1.28 bits per heavy atom. The van der Waals surface area contributed by atoms with E-state index in [0.717, 1.165) is 22.5 Å². The molecule has 1 N–H and O–H groups in total. The molecule has 1 aromatic carbocycles. The van der Waals surface area contributed by atoms with Crippen LogP contribution in [0.15, 0.2) is 34.5 Å². The van der Waals surface area contributed by atoms with Crippen molar-refractivity contribution in [1.82, 2.24) is 4.31 Å². The number of aryl methyl sites for hydroxylation is 2. The van der Waals surface area contributed by atoms with E-state index in [1.165, 1.54) is 10.4 Å². The Bertz CT molecular complexity index is 908. The minimum Gasteiger partial charge on any atom is -0.324 e. The number of benzene rings is 1. The van der Waals surface area contributed by atoms with Gasteiger partial charge in [-0.15, -0.1) is 11.3 Å². The van der Waals surface area contributed by atoms with Gasteiger partial charge in [0.1, 0.15) is 10.3 Å². The van der Waals surface area contributed by atoms with Crippen LogP contribution >= 0.6 is 22.9 Å². The minimum atomic E-state index is -3.71. The number of carbonyl (C=O) groups excluding carboxylic acids is 1. The Morgan fingerprint density at radius 3 is 2.68 bits per heavy atom. The van der Waals surface area contributed by atoms with E-state index >= 15 is 0 Å². The molecule has 0 aliphatic carbocycles. The van der Waals surface area contributed by atoms with Crippen molar-refractivity contribution in [3.63, 3.8) is 0 Å². The van der Waals surface area contributed by atoms with Crippen molar-refractivity contribution >= 4 is 44.6 Å². The topological polar surface area (TPSA) is 66.5 Å². The van der Waals surface area contributed by atoms with Crippen molar-refractivity contribution in [2.24, 2.45) is 0 Å². The lowest BCUT2D eigenvalue weighted by atomic mass is 10.1. The third-order valence-electron chi connectivity index (χ3n) is 4.26. The number of amides is 1. The van der Waals surface area contributed by atoms with Crippen molar-refractivity contribution in [2.75, 3.05) is 11.9 Å². The van der Waals surface area contributed by atoms with Gasteiger partial charge in [0.05, 0.1) is 4.34 Å². The largest absolute Gasteiger partial charge is 0.324 e. The first-order chi connectivity index (χ1) is 11.8. The highest BCUT2D eigenvalue weighted by molar-refractivity contribution is 7.91. The number of nitrogens with zero attached hydrogens (tertiary/aromatic N) is 1. The molecule has 5 nitrogen and oxygen atoms in total. The van der Waals surface area contributed by atoms with Gasteiger partial charge in [-0.05, 0) is 50.5 Å². The number of nitrogens with one attached hydrogen (secondary N) is 1. The highest BCUT2D eigenvalue weighted by atomic mass is 35.5. The maximum Gasteiger partial charge on any atom is 0.253 e. The Morgan fingerprint density at radius 2 is 2.04 bits per heavy atom. The van der Waals surface area contributed by atoms with Gasteiger partial charge in [0.25, 0.3) is 10.0 Å². The molecule has 0 saturated carbocycles. The van der Waals surface area contributed by atoms with Gasteiger partial charge in [-0.25, -0.2) is 8.42 Å². The molecule has 1 aliphatic heterocycles. The highest BCUT2D eigenvalue weighted by Crippen LogP contribution is 2.32. The number of anilines is 1. The summed E-state index contributed by atoms with van der Waals surface area (Å²) in [6.07, 6.45) is 1.17. The average Bonchev–Trinajstić information content (AvgIpc) is 3.19. The number of halogens is 1. The molecule has 0 unspecified atom stereocenters. The van der Waals surface area contributed by atoms with E-state index < -0.39 is 16.1 Å². The molecule has 1 saturated heterocycles. The Balaban J connectivity index is 1.82. The average molecular weight is 399 g/mol. The van der Waals surface area contributed by atoms with Crippen molar-refractivity contribution in [3.05, 3.63) is 45.8 Å². The summed E-state index contributed by atoms with van der Waals surface area (Å²) < 4.78 is 27.5.